The van der Waals surface area contributed by atoms with Crippen LogP contribution in [0.2, 0.25) is 0 Å². The molecule has 0 spiro atoms. The number of aliphatic hydroxyl groups is 1. The molecule has 1 atom stereocenters. The Bertz CT molecular complexity index is 341. The summed E-state index contributed by atoms with van der Waals surface area (Å²) in [5.74, 6) is 1.40. The molecule has 0 bridgehead atoms. The Morgan fingerprint density at radius 2 is 2.19 bits per heavy atom. The first kappa shape index (κ1) is 12.7. The quantitative estimate of drug-likeness (QED) is 0.774. The van der Waals surface area contributed by atoms with Crippen LogP contribution in [-0.4, -0.2) is 34.8 Å². The maximum Gasteiger partial charge on any atom is 0.137 e. The average Bonchev–Trinajstić information content (AvgIpc) is 2.25. The van der Waals surface area contributed by atoms with Crippen LogP contribution in [0, 0.1) is 0 Å². The lowest BCUT2D eigenvalue weighted by Crippen LogP contribution is -2.24. The Kier molecular flexibility index (Phi) is 4.49. The van der Waals surface area contributed by atoms with Crippen molar-refractivity contribution < 1.29 is 5.11 Å². The summed E-state index contributed by atoms with van der Waals surface area (Å²) in [6.07, 6.45) is 2.69. The van der Waals surface area contributed by atoms with Gasteiger partial charge in [-0.2, -0.15) is 0 Å². The molecule has 0 aliphatic heterocycles. The molecule has 0 aromatic carbocycles. The molecule has 1 unspecified atom stereocenters. The van der Waals surface area contributed by atoms with Crippen molar-refractivity contribution in [2.24, 2.45) is 0 Å². The number of nitrogens with zero attached hydrogens (tertiary/aromatic N) is 3. The van der Waals surface area contributed by atoms with E-state index >= 15 is 0 Å². The van der Waals surface area contributed by atoms with Crippen LogP contribution in [0.4, 0.5) is 11.6 Å². The molecular weight excluding hydrogens is 204 g/mol. The SMILES string of the molecule is CCc1c(N)ncnc1N(C)CCC(C)O. The number of hydrogen-bond donors (Lipinski definition) is 2. The van der Waals surface area contributed by atoms with Crippen molar-refractivity contribution in [1.82, 2.24) is 9.97 Å². The fourth-order valence-corrected chi connectivity index (χ4v) is 1.57. The molecule has 3 N–H and O–H groups in total. The van der Waals surface area contributed by atoms with Crippen molar-refractivity contribution in [3.8, 4) is 0 Å². The molecular formula is C11H20N4O. The van der Waals surface area contributed by atoms with Gasteiger partial charge in [0.2, 0.25) is 0 Å². The molecule has 0 radical (unpaired) electrons. The second kappa shape index (κ2) is 5.65. The molecule has 5 nitrogen and oxygen atoms in total. The summed E-state index contributed by atoms with van der Waals surface area (Å²) in [7, 11) is 1.95. The van der Waals surface area contributed by atoms with E-state index in [1.165, 1.54) is 6.33 Å². The Balaban J connectivity index is 2.82. The van der Waals surface area contributed by atoms with Gasteiger partial charge in [-0.05, 0) is 19.8 Å². The maximum atomic E-state index is 9.25. The Hall–Kier alpha value is -1.36. The van der Waals surface area contributed by atoms with Crippen molar-refractivity contribution in [3.05, 3.63) is 11.9 Å². The zero-order valence-corrected chi connectivity index (χ0v) is 10.1. The normalized spacial score (nSPS) is 12.5. The van der Waals surface area contributed by atoms with Crippen molar-refractivity contribution in [1.29, 1.82) is 0 Å². The number of anilines is 2. The highest BCUT2D eigenvalue weighted by molar-refractivity contribution is 5.56. The van der Waals surface area contributed by atoms with Gasteiger partial charge in [0, 0.05) is 19.2 Å². The van der Waals surface area contributed by atoms with Crippen LogP contribution in [0.5, 0.6) is 0 Å². The Morgan fingerprint density at radius 1 is 1.50 bits per heavy atom. The molecule has 1 rings (SSSR count). The highest BCUT2D eigenvalue weighted by atomic mass is 16.3. The highest BCUT2D eigenvalue weighted by Crippen LogP contribution is 2.20. The lowest BCUT2D eigenvalue weighted by atomic mass is 10.2. The van der Waals surface area contributed by atoms with Gasteiger partial charge in [0.25, 0.3) is 0 Å². The highest BCUT2D eigenvalue weighted by Gasteiger charge is 2.11. The fraction of sp³-hybridized carbons (Fsp3) is 0.636. The minimum atomic E-state index is -0.299. The van der Waals surface area contributed by atoms with E-state index in [9.17, 15) is 5.11 Å². The van der Waals surface area contributed by atoms with Crippen LogP contribution >= 0.6 is 0 Å². The van der Waals surface area contributed by atoms with Crippen LogP contribution in [0.25, 0.3) is 0 Å². The minimum Gasteiger partial charge on any atom is -0.393 e. The zero-order valence-electron chi connectivity index (χ0n) is 10.1. The summed E-state index contributed by atoms with van der Waals surface area (Å²) in [5.41, 5.74) is 6.77. The molecule has 0 saturated heterocycles. The summed E-state index contributed by atoms with van der Waals surface area (Å²) < 4.78 is 0. The van der Waals surface area contributed by atoms with E-state index in [-0.39, 0.29) is 6.10 Å². The van der Waals surface area contributed by atoms with E-state index in [1.54, 1.807) is 6.92 Å². The molecule has 1 aromatic heterocycles. The summed E-state index contributed by atoms with van der Waals surface area (Å²) in [5, 5.41) is 9.25. The molecule has 16 heavy (non-hydrogen) atoms. The third kappa shape index (κ3) is 3.06. The van der Waals surface area contributed by atoms with Crippen molar-refractivity contribution in [2.75, 3.05) is 24.2 Å². The molecule has 0 aliphatic rings. The lowest BCUT2D eigenvalue weighted by molar-refractivity contribution is 0.187. The van der Waals surface area contributed by atoms with Gasteiger partial charge in [0.15, 0.2) is 0 Å². The molecule has 0 aliphatic carbocycles. The summed E-state index contributed by atoms with van der Waals surface area (Å²) in [4.78, 5) is 10.2. The Morgan fingerprint density at radius 3 is 2.75 bits per heavy atom. The van der Waals surface area contributed by atoms with Crippen LogP contribution in [0.1, 0.15) is 25.8 Å². The lowest BCUT2D eigenvalue weighted by Gasteiger charge is -2.21. The van der Waals surface area contributed by atoms with Crippen molar-refractivity contribution in [2.45, 2.75) is 32.8 Å². The first-order chi connectivity index (χ1) is 7.56. The van der Waals surface area contributed by atoms with E-state index in [2.05, 4.69) is 9.97 Å². The van der Waals surface area contributed by atoms with E-state index in [1.807, 2.05) is 18.9 Å². The van der Waals surface area contributed by atoms with Gasteiger partial charge in [0.05, 0.1) is 6.10 Å². The van der Waals surface area contributed by atoms with Crippen LogP contribution in [0.15, 0.2) is 6.33 Å². The summed E-state index contributed by atoms with van der Waals surface area (Å²) in [6, 6.07) is 0. The standard InChI is InChI=1S/C11H20N4O/c1-4-9-10(12)13-7-14-11(9)15(3)6-5-8(2)16/h7-8,16H,4-6H2,1-3H3,(H2,12,13,14). The second-order valence-corrected chi connectivity index (χ2v) is 3.97. The van der Waals surface area contributed by atoms with E-state index in [0.29, 0.717) is 12.2 Å². The molecule has 0 saturated carbocycles. The second-order valence-electron chi connectivity index (χ2n) is 3.97. The van der Waals surface area contributed by atoms with Gasteiger partial charge >= 0.3 is 0 Å². The van der Waals surface area contributed by atoms with Crippen LogP contribution in [0.3, 0.4) is 0 Å². The number of aliphatic hydroxyl groups excluding tert-OH is 1. The smallest absolute Gasteiger partial charge is 0.137 e. The first-order valence-electron chi connectivity index (χ1n) is 5.54. The summed E-state index contributed by atoms with van der Waals surface area (Å²) in [6.45, 7) is 4.56. The zero-order chi connectivity index (χ0) is 12.1. The number of nitrogen functional groups attached to an aromatic ring is 1. The maximum absolute atomic E-state index is 9.25. The number of aromatic nitrogens is 2. The third-order valence-electron chi connectivity index (χ3n) is 2.55. The fourth-order valence-electron chi connectivity index (χ4n) is 1.57. The van der Waals surface area contributed by atoms with Gasteiger partial charge in [-0.15, -0.1) is 0 Å². The Labute approximate surface area is 96.3 Å². The first-order valence-corrected chi connectivity index (χ1v) is 5.54. The van der Waals surface area contributed by atoms with Gasteiger partial charge in [-0.3, -0.25) is 0 Å². The van der Waals surface area contributed by atoms with Gasteiger partial charge in [0.1, 0.15) is 18.0 Å². The molecule has 0 fully saturated rings. The number of hydrogen-bond acceptors (Lipinski definition) is 5. The van der Waals surface area contributed by atoms with Gasteiger partial charge in [-0.25, -0.2) is 9.97 Å². The predicted octanol–water partition coefficient (Wildman–Crippen LogP) is 0.828. The monoisotopic (exact) mass is 224 g/mol. The van der Waals surface area contributed by atoms with Crippen molar-refractivity contribution in [3.63, 3.8) is 0 Å². The van der Waals surface area contributed by atoms with Gasteiger partial charge < -0.3 is 15.7 Å². The van der Waals surface area contributed by atoms with Crippen LogP contribution < -0.4 is 10.6 Å². The number of nitrogens with two attached hydrogens (primary N) is 1. The molecule has 90 valence electrons. The van der Waals surface area contributed by atoms with E-state index in [0.717, 1.165) is 24.3 Å². The largest absolute Gasteiger partial charge is 0.393 e. The molecule has 1 heterocycles. The number of rotatable bonds is 5. The molecule has 0 amide bonds. The molecule has 5 heteroatoms. The van der Waals surface area contributed by atoms with Crippen LogP contribution in [-0.2, 0) is 6.42 Å². The average molecular weight is 224 g/mol. The van der Waals surface area contributed by atoms with E-state index in [4.69, 9.17) is 5.73 Å². The topological polar surface area (TPSA) is 75.3 Å². The predicted molar refractivity (Wildman–Crippen MR) is 65.4 cm³/mol. The summed E-state index contributed by atoms with van der Waals surface area (Å²) >= 11 is 0. The van der Waals surface area contributed by atoms with Gasteiger partial charge in [-0.1, -0.05) is 6.92 Å². The van der Waals surface area contributed by atoms with Crippen molar-refractivity contribution >= 4 is 11.6 Å². The molecule has 1 aromatic rings. The van der Waals surface area contributed by atoms with E-state index < -0.39 is 0 Å². The minimum absolute atomic E-state index is 0.299. The third-order valence-corrected chi connectivity index (χ3v) is 2.55.